The summed E-state index contributed by atoms with van der Waals surface area (Å²) in [7, 11) is 0. The van der Waals surface area contributed by atoms with E-state index in [1.165, 1.54) is 0 Å². The van der Waals surface area contributed by atoms with Crippen LogP contribution in [0.4, 0.5) is 16.3 Å². The Kier molecular flexibility index (Phi) is 5.33. The number of carbonyl (C=O) groups is 2. The van der Waals surface area contributed by atoms with E-state index in [2.05, 4.69) is 25.5 Å². The van der Waals surface area contributed by atoms with Crippen LogP contribution in [-0.2, 0) is 4.79 Å². The first-order valence-corrected chi connectivity index (χ1v) is 9.69. The Bertz CT molecular complexity index is 995. The third-order valence-corrected chi connectivity index (χ3v) is 5.09. The molecule has 3 amide bonds. The fourth-order valence-corrected chi connectivity index (χ4v) is 3.40. The molecule has 1 fully saturated rings. The van der Waals surface area contributed by atoms with Crippen molar-refractivity contribution >= 4 is 34.3 Å². The Morgan fingerprint density at radius 1 is 1.10 bits per heavy atom. The molecule has 3 heterocycles. The van der Waals surface area contributed by atoms with E-state index in [1.54, 1.807) is 18.0 Å². The summed E-state index contributed by atoms with van der Waals surface area (Å²) < 4.78 is 0. The van der Waals surface area contributed by atoms with Gasteiger partial charge in [-0.25, -0.2) is 9.78 Å². The summed E-state index contributed by atoms with van der Waals surface area (Å²) in [6, 6.07) is 12.5. The normalized spacial score (nSPS) is 15.2. The lowest BCUT2D eigenvalue weighted by Gasteiger charge is -2.35. The summed E-state index contributed by atoms with van der Waals surface area (Å²) >= 11 is 0. The molecule has 150 valence electrons. The van der Waals surface area contributed by atoms with Crippen LogP contribution in [-0.4, -0.2) is 59.0 Å². The predicted octanol–water partition coefficient (Wildman–Crippen LogP) is 2.42. The molecule has 1 aliphatic heterocycles. The van der Waals surface area contributed by atoms with Gasteiger partial charge in [-0.15, -0.1) is 0 Å². The van der Waals surface area contributed by atoms with E-state index in [0.29, 0.717) is 31.9 Å². The van der Waals surface area contributed by atoms with Gasteiger partial charge < -0.3 is 25.4 Å². The number of anilines is 2. The van der Waals surface area contributed by atoms with E-state index in [1.807, 2.05) is 48.7 Å². The molecule has 8 nitrogen and oxygen atoms in total. The number of amides is 3. The van der Waals surface area contributed by atoms with E-state index in [9.17, 15) is 9.59 Å². The first kappa shape index (κ1) is 18.8. The van der Waals surface area contributed by atoms with Crippen LogP contribution < -0.4 is 15.5 Å². The van der Waals surface area contributed by atoms with Crippen molar-refractivity contribution in [3.8, 4) is 0 Å². The Hall–Kier alpha value is -3.55. The first-order valence-electron chi connectivity index (χ1n) is 9.69. The summed E-state index contributed by atoms with van der Waals surface area (Å²) in [5.74, 6) is 0.667. The maximum Gasteiger partial charge on any atom is 0.318 e. The quantitative estimate of drug-likeness (QED) is 0.636. The fraction of sp³-hybridized carbons (Fsp3) is 0.286. The smallest absolute Gasteiger partial charge is 0.318 e. The molecule has 0 spiro atoms. The van der Waals surface area contributed by atoms with Gasteiger partial charge in [0, 0.05) is 55.2 Å². The second kappa shape index (κ2) is 8.22. The van der Waals surface area contributed by atoms with Crippen molar-refractivity contribution in [1.29, 1.82) is 0 Å². The van der Waals surface area contributed by atoms with Gasteiger partial charge in [0.25, 0.3) is 0 Å². The summed E-state index contributed by atoms with van der Waals surface area (Å²) in [4.78, 5) is 36.4. The van der Waals surface area contributed by atoms with Crippen molar-refractivity contribution in [3.05, 3.63) is 54.9 Å². The molecule has 0 aliphatic carbocycles. The number of hydrogen-bond donors (Lipinski definition) is 3. The van der Waals surface area contributed by atoms with Crippen LogP contribution in [0.3, 0.4) is 0 Å². The molecule has 1 aromatic carbocycles. The highest BCUT2D eigenvalue weighted by atomic mass is 16.2. The maximum atomic E-state index is 12.5. The molecule has 4 rings (SSSR count). The zero-order valence-corrected chi connectivity index (χ0v) is 16.3. The van der Waals surface area contributed by atoms with Crippen molar-refractivity contribution < 1.29 is 9.59 Å². The molecule has 1 aliphatic rings. The van der Waals surface area contributed by atoms with Gasteiger partial charge in [0.1, 0.15) is 11.9 Å². The van der Waals surface area contributed by atoms with E-state index in [0.717, 1.165) is 16.7 Å². The highest BCUT2D eigenvalue weighted by Gasteiger charge is 2.24. The molecule has 29 heavy (non-hydrogen) atoms. The minimum absolute atomic E-state index is 0.227. The second-order valence-electron chi connectivity index (χ2n) is 7.10. The number of nitrogens with zero attached hydrogens (tertiary/aromatic N) is 3. The molecule has 3 aromatic rings. The zero-order chi connectivity index (χ0) is 20.2. The molecule has 2 aromatic heterocycles. The van der Waals surface area contributed by atoms with Crippen LogP contribution >= 0.6 is 0 Å². The Morgan fingerprint density at radius 3 is 2.69 bits per heavy atom. The largest absolute Gasteiger partial charge is 0.361 e. The molecule has 1 atom stereocenters. The summed E-state index contributed by atoms with van der Waals surface area (Å²) in [5, 5.41) is 6.67. The predicted molar refractivity (Wildman–Crippen MR) is 113 cm³/mol. The molecule has 8 heteroatoms. The average Bonchev–Trinajstić information content (AvgIpc) is 3.22. The molecule has 1 saturated heterocycles. The number of nitrogens with one attached hydrogen (secondary N) is 3. The van der Waals surface area contributed by atoms with Crippen LogP contribution in [0.25, 0.3) is 10.9 Å². The lowest BCUT2D eigenvalue weighted by Crippen LogP contribution is -2.54. The van der Waals surface area contributed by atoms with Crippen molar-refractivity contribution in [1.82, 2.24) is 20.2 Å². The van der Waals surface area contributed by atoms with E-state index < -0.39 is 6.04 Å². The molecule has 0 unspecified atom stereocenters. The van der Waals surface area contributed by atoms with Gasteiger partial charge in [-0.05, 0) is 43.3 Å². The van der Waals surface area contributed by atoms with Crippen LogP contribution in [0.5, 0.6) is 0 Å². The van der Waals surface area contributed by atoms with Crippen molar-refractivity contribution in [3.63, 3.8) is 0 Å². The lowest BCUT2D eigenvalue weighted by molar-refractivity contribution is -0.117. The Balaban J connectivity index is 1.28. The van der Waals surface area contributed by atoms with E-state index >= 15 is 0 Å². The number of benzene rings is 1. The van der Waals surface area contributed by atoms with Gasteiger partial charge in [-0.1, -0.05) is 6.07 Å². The molecule has 3 N–H and O–H groups in total. The van der Waals surface area contributed by atoms with E-state index in [4.69, 9.17) is 0 Å². The van der Waals surface area contributed by atoms with E-state index in [-0.39, 0.29) is 11.9 Å². The monoisotopic (exact) mass is 392 g/mol. The minimum atomic E-state index is -0.641. The number of rotatable bonds is 4. The Labute approximate surface area is 168 Å². The van der Waals surface area contributed by atoms with Gasteiger partial charge in [0.15, 0.2) is 0 Å². The first-order chi connectivity index (χ1) is 14.1. The Morgan fingerprint density at radius 2 is 1.93 bits per heavy atom. The number of pyridine rings is 1. The lowest BCUT2D eigenvalue weighted by atomic mass is 10.2. The third-order valence-electron chi connectivity index (χ3n) is 5.09. The summed E-state index contributed by atoms with van der Waals surface area (Å²) in [6.07, 6.45) is 3.62. The van der Waals surface area contributed by atoms with Crippen molar-refractivity contribution in [2.24, 2.45) is 0 Å². The minimum Gasteiger partial charge on any atom is -0.361 e. The number of carbonyl (C=O) groups excluding carboxylic acids is 2. The van der Waals surface area contributed by atoms with Gasteiger partial charge in [-0.2, -0.15) is 0 Å². The van der Waals surface area contributed by atoms with Crippen LogP contribution in [0.2, 0.25) is 0 Å². The number of aromatic amines is 1. The summed E-state index contributed by atoms with van der Waals surface area (Å²) in [6.45, 7) is 4.28. The molecule has 0 radical (unpaired) electrons. The second-order valence-corrected chi connectivity index (χ2v) is 7.10. The average molecular weight is 392 g/mol. The number of aromatic nitrogens is 2. The van der Waals surface area contributed by atoms with Crippen LogP contribution in [0.15, 0.2) is 54.9 Å². The summed E-state index contributed by atoms with van der Waals surface area (Å²) in [5.41, 5.74) is 1.71. The molecular weight excluding hydrogens is 368 g/mol. The van der Waals surface area contributed by atoms with Gasteiger partial charge in [0.05, 0.1) is 0 Å². The highest BCUT2D eigenvalue weighted by molar-refractivity contribution is 5.98. The number of urea groups is 1. The highest BCUT2D eigenvalue weighted by Crippen LogP contribution is 2.18. The number of hydrogen-bond acceptors (Lipinski definition) is 4. The maximum absolute atomic E-state index is 12.5. The van der Waals surface area contributed by atoms with Crippen molar-refractivity contribution in [2.45, 2.75) is 13.0 Å². The molecule has 0 saturated carbocycles. The fourth-order valence-electron chi connectivity index (χ4n) is 3.40. The number of piperazine rings is 1. The molecule has 0 bridgehead atoms. The zero-order valence-electron chi connectivity index (χ0n) is 16.3. The number of H-pyrrole nitrogens is 1. The van der Waals surface area contributed by atoms with Gasteiger partial charge in [-0.3, -0.25) is 4.79 Å². The van der Waals surface area contributed by atoms with Crippen molar-refractivity contribution in [2.75, 3.05) is 36.4 Å². The van der Waals surface area contributed by atoms with Gasteiger partial charge in [0.2, 0.25) is 5.91 Å². The topological polar surface area (TPSA) is 93.4 Å². The molecular formula is C21H24N6O2. The van der Waals surface area contributed by atoms with Crippen LogP contribution in [0.1, 0.15) is 6.92 Å². The SMILES string of the molecule is C[C@@H](NC(=O)N1CCN(c2ccccn2)CC1)C(=O)Nc1ccc2[nH]ccc2c1. The number of fused-ring (bicyclic) bond motifs is 1. The standard InChI is InChI=1S/C21H24N6O2/c1-15(20(28)25-17-5-6-18-16(14-17)7-9-22-18)24-21(29)27-12-10-26(11-13-27)19-4-2-3-8-23-19/h2-9,14-15,22H,10-13H2,1H3,(H,24,29)(H,25,28)/t15-/m1/s1. The van der Waals surface area contributed by atoms with Gasteiger partial charge >= 0.3 is 6.03 Å². The van der Waals surface area contributed by atoms with Crippen LogP contribution in [0, 0.1) is 0 Å². The third kappa shape index (κ3) is 4.31.